The van der Waals surface area contributed by atoms with Crippen molar-refractivity contribution in [3.63, 3.8) is 0 Å². The van der Waals surface area contributed by atoms with E-state index in [-0.39, 0.29) is 0 Å². The van der Waals surface area contributed by atoms with Crippen LogP contribution in [-0.4, -0.2) is 5.84 Å². The van der Waals surface area contributed by atoms with Gasteiger partial charge in [0.25, 0.3) is 0 Å². The van der Waals surface area contributed by atoms with Crippen molar-refractivity contribution in [2.24, 2.45) is 22.6 Å². The predicted molar refractivity (Wildman–Crippen MR) is 39.9 cm³/mol. The van der Waals surface area contributed by atoms with Gasteiger partial charge in [0.2, 0.25) is 0 Å². The van der Waals surface area contributed by atoms with Gasteiger partial charge in [0.05, 0.1) is 0 Å². The Morgan fingerprint density at radius 2 is 1.89 bits per heavy atom. The van der Waals surface area contributed by atoms with Crippen LogP contribution >= 0.6 is 0 Å². The van der Waals surface area contributed by atoms with E-state index in [0.29, 0.717) is 11.8 Å². The molecule has 0 rings (SSSR count). The molecular formula is C6H15N3. The van der Waals surface area contributed by atoms with E-state index in [0.717, 1.165) is 12.8 Å². The van der Waals surface area contributed by atoms with Crippen LogP contribution in [0.3, 0.4) is 0 Å². The molecule has 0 fully saturated rings. The molecule has 0 aromatic rings. The van der Waals surface area contributed by atoms with Crippen molar-refractivity contribution in [3.05, 3.63) is 0 Å². The van der Waals surface area contributed by atoms with Gasteiger partial charge in [-0.05, 0) is 12.8 Å². The van der Waals surface area contributed by atoms with Crippen LogP contribution in [0.4, 0.5) is 0 Å². The van der Waals surface area contributed by atoms with Crippen LogP contribution in [0.1, 0.15) is 26.7 Å². The van der Waals surface area contributed by atoms with Gasteiger partial charge in [0, 0.05) is 5.92 Å². The van der Waals surface area contributed by atoms with Crippen LogP contribution in [0, 0.1) is 5.92 Å². The minimum Gasteiger partial charge on any atom is -0.386 e. The molecule has 0 bridgehead atoms. The van der Waals surface area contributed by atoms with E-state index in [1.165, 1.54) is 0 Å². The predicted octanol–water partition coefficient (Wildman–Crippen LogP) is 0.654. The first-order valence-corrected chi connectivity index (χ1v) is 3.29. The lowest BCUT2D eigenvalue weighted by Gasteiger charge is -2.08. The lowest BCUT2D eigenvalue weighted by molar-refractivity contribution is 0.635. The third-order valence-corrected chi connectivity index (χ3v) is 1.55. The zero-order valence-corrected chi connectivity index (χ0v) is 6.09. The fourth-order valence-electron chi connectivity index (χ4n) is 0.812. The van der Waals surface area contributed by atoms with Crippen LogP contribution in [0.15, 0.2) is 5.10 Å². The fraction of sp³-hybridized carbons (Fsp3) is 0.833. The molecule has 0 aromatic carbocycles. The lowest BCUT2D eigenvalue weighted by Crippen LogP contribution is -2.23. The Bertz CT molecular complexity index is 94.5. The number of nitrogens with two attached hydrogens (primary N) is 2. The van der Waals surface area contributed by atoms with Crippen molar-refractivity contribution < 1.29 is 0 Å². The third kappa shape index (κ3) is 2.35. The highest BCUT2D eigenvalue weighted by Gasteiger charge is 2.06. The highest BCUT2D eigenvalue weighted by Crippen LogP contribution is 2.05. The van der Waals surface area contributed by atoms with Gasteiger partial charge in [-0.2, -0.15) is 5.10 Å². The molecule has 0 aromatic heterocycles. The summed E-state index contributed by atoms with van der Waals surface area (Å²) in [7, 11) is 0. The number of hydrogen-bond acceptors (Lipinski definition) is 2. The fourth-order valence-corrected chi connectivity index (χ4v) is 0.812. The first kappa shape index (κ1) is 8.27. The molecule has 0 saturated heterocycles. The second kappa shape index (κ2) is 4.18. The topological polar surface area (TPSA) is 64.4 Å². The van der Waals surface area contributed by atoms with Crippen molar-refractivity contribution in [2.45, 2.75) is 26.7 Å². The van der Waals surface area contributed by atoms with Gasteiger partial charge in [0.1, 0.15) is 5.84 Å². The monoisotopic (exact) mass is 129 g/mol. The number of hydrazone groups is 1. The van der Waals surface area contributed by atoms with Crippen molar-refractivity contribution in [1.29, 1.82) is 0 Å². The normalized spacial score (nSPS) is 12.6. The molecule has 9 heavy (non-hydrogen) atoms. The average Bonchev–Trinajstić information content (AvgIpc) is 1.90. The first-order chi connectivity index (χ1) is 4.26. The average molecular weight is 129 g/mol. The molecule has 0 saturated carbocycles. The Hall–Kier alpha value is -0.730. The molecule has 0 radical (unpaired) electrons. The van der Waals surface area contributed by atoms with Crippen molar-refractivity contribution in [3.8, 4) is 0 Å². The summed E-state index contributed by atoms with van der Waals surface area (Å²) in [5.74, 6) is 5.93. The minimum atomic E-state index is 0.370. The summed E-state index contributed by atoms with van der Waals surface area (Å²) in [6.45, 7) is 4.15. The SMILES string of the molecule is CCC(CC)C(N)=NN. The summed E-state index contributed by atoms with van der Waals surface area (Å²) in [5, 5.41) is 3.42. The maximum atomic E-state index is 5.46. The summed E-state index contributed by atoms with van der Waals surface area (Å²) in [5.41, 5.74) is 5.46. The quantitative estimate of drug-likeness (QED) is 0.254. The van der Waals surface area contributed by atoms with E-state index in [1.54, 1.807) is 0 Å². The Balaban J connectivity index is 3.79. The van der Waals surface area contributed by atoms with E-state index < -0.39 is 0 Å². The molecule has 54 valence electrons. The molecule has 4 N–H and O–H groups in total. The Morgan fingerprint density at radius 1 is 1.44 bits per heavy atom. The molecule has 3 heteroatoms. The second-order valence-electron chi connectivity index (χ2n) is 2.07. The first-order valence-electron chi connectivity index (χ1n) is 3.29. The van der Waals surface area contributed by atoms with Gasteiger partial charge in [-0.15, -0.1) is 0 Å². The second-order valence-corrected chi connectivity index (χ2v) is 2.07. The molecule has 0 atom stereocenters. The molecular weight excluding hydrogens is 114 g/mol. The van der Waals surface area contributed by atoms with Crippen LogP contribution in [0.2, 0.25) is 0 Å². The summed E-state index contributed by atoms with van der Waals surface area (Å²) in [4.78, 5) is 0. The summed E-state index contributed by atoms with van der Waals surface area (Å²) < 4.78 is 0. The lowest BCUT2D eigenvalue weighted by atomic mass is 10.0. The van der Waals surface area contributed by atoms with E-state index in [4.69, 9.17) is 11.6 Å². The van der Waals surface area contributed by atoms with E-state index >= 15 is 0 Å². The maximum absolute atomic E-state index is 5.46. The van der Waals surface area contributed by atoms with Gasteiger partial charge in [-0.25, -0.2) is 0 Å². The molecule has 0 spiro atoms. The summed E-state index contributed by atoms with van der Waals surface area (Å²) in [6, 6.07) is 0. The van der Waals surface area contributed by atoms with E-state index in [2.05, 4.69) is 18.9 Å². The standard InChI is InChI=1S/C6H15N3/c1-3-5(4-2)6(7)9-8/h5H,3-4,8H2,1-2H3,(H2,7,9). The zero-order valence-electron chi connectivity index (χ0n) is 6.09. The molecule has 0 unspecified atom stereocenters. The van der Waals surface area contributed by atoms with Crippen molar-refractivity contribution >= 4 is 5.84 Å². The number of rotatable bonds is 3. The van der Waals surface area contributed by atoms with Gasteiger partial charge >= 0.3 is 0 Å². The van der Waals surface area contributed by atoms with Gasteiger partial charge in [-0.1, -0.05) is 13.8 Å². The number of hydrogen-bond donors (Lipinski definition) is 2. The summed E-state index contributed by atoms with van der Waals surface area (Å²) in [6.07, 6.45) is 2.03. The highest BCUT2D eigenvalue weighted by atomic mass is 15.2. The maximum Gasteiger partial charge on any atom is 0.122 e. The molecule has 0 aliphatic carbocycles. The molecule has 0 amide bonds. The van der Waals surface area contributed by atoms with Crippen LogP contribution in [0.5, 0.6) is 0 Å². The smallest absolute Gasteiger partial charge is 0.122 e. The van der Waals surface area contributed by atoms with E-state index in [1.807, 2.05) is 0 Å². The van der Waals surface area contributed by atoms with E-state index in [9.17, 15) is 0 Å². The highest BCUT2D eigenvalue weighted by molar-refractivity contribution is 5.82. The number of nitrogens with zero attached hydrogens (tertiary/aromatic N) is 1. The van der Waals surface area contributed by atoms with Crippen LogP contribution in [0.25, 0.3) is 0 Å². The molecule has 0 aliphatic rings. The van der Waals surface area contributed by atoms with Gasteiger partial charge < -0.3 is 11.6 Å². The third-order valence-electron chi connectivity index (χ3n) is 1.55. The van der Waals surface area contributed by atoms with Crippen LogP contribution < -0.4 is 11.6 Å². The zero-order chi connectivity index (χ0) is 7.28. The Morgan fingerprint density at radius 3 is 2.00 bits per heavy atom. The number of amidine groups is 1. The van der Waals surface area contributed by atoms with Gasteiger partial charge in [-0.3, -0.25) is 0 Å². The van der Waals surface area contributed by atoms with Crippen molar-refractivity contribution in [2.75, 3.05) is 0 Å². The molecule has 3 nitrogen and oxygen atoms in total. The molecule has 0 aliphatic heterocycles. The minimum absolute atomic E-state index is 0.370. The largest absolute Gasteiger partial charge is 0.386 e. The summed E-state index contributed by atoms with van der Waals surface area (Å²) >= 11 is 0. The molecule has 0 heterocycles. The Kier molecular flexibility index (Phi) is 3.84. The Labute approximate surface area is 56.1 Å². The van der Waals surface area contributed by atoms with Crippen molar-refractivity contribution in [1.82, 2.24) is 0 Å². The van der Waals surface area contributed by atoms with Crippen LogP contribution in [-0.2, 0) is 0 Å². The van der Waals surface area contributed by atoms with Gasteiger partial charge in [0.15, 0.2) is 0 Å².